The van der Waals surface area contributed by atoms with Crippen molar-refractivity contribution in [1.82, 2.24) is 9.55 Å². The van der Waals surface area contributed by atoms with E-state index in [0.29, 0.717) is 16.4 Å². The summed E-state index contributed by atoms with van der Waals surface area (Å²) in [6.07, 6.45) is 0. The molecular weight excluding hydrogens is 260 g/mol. The molecule has 3 rings (SSSR count). The lowest BCUT2D eigenvalue weighted by Gasteiger charge is -2.05. The van der Waals surface area contributed by atoms with Crippen LogP contribution in [0.25, 0.3) is 22.4 Å². The standard InChI is InChI=1S/C14H13ClN4/c1-19-13-11(15)3-2-4-12(13)18-14(19)8-5-9(16)7-10(17)6-8/h2-7H,16-17H2,1H3. The van der Waals surface area contributed by atoms with Gasteiger partial charge in [-0.2, -0.15) is 0 Å². The van der Waals surface area contributed by atoms with Gasteiger partial charge in [0.05, 0.1) is 16.1 Å². The number of hydrogen-bond acceptors (Lipinski definition) is 3. The van der Waals surface area contributed by atoms with E-state index in [9.17, 15) is 0 Å². The molecule has 0 aliphatic heterocycles. The van der Waals surface area contributed by atoms with E-state index >= 15 is 0 Å². The van der Waals surface area contributed by atoms with Crippen LogP contribution >= 0.6 is 11.6 Å². The van der Waals surface area contributed by atoms with Crippen molar-refractivity contribution in [2.45, 2.75) is 0 Å². The second-order valence-corrected chi connectivity index (χ2v) is 4.90. The van der Waals surface area contributed by atoms with Crippen LogP contribution in [0.2, 0.25) is 5.02 Å². The van der Waals surface area contributed by atoms with Gasteiger partial charge in [-0.1, -0.05) is 17.7 Å². The van der Waals surface area contributed by atoms with Crippen molar-refractivity contribution in [3.05, 3.63) is 41.4 Å². The minimum absolute atomic E-state index is 0.619. The summed E-state index contributed by atoms with van der Waals surface area (Å²) >= 11 is 6.22. The second kappa shape index (κ2) is 4.17. The number of imidazole rings is 1. The highest BCUT2D eigenvalue weighted by Crippen LogP contribution is 2.30. The normalized spacial score (nSPS) is 11.1. The van der Waals surface area contributed by atoms with E-state index in [-0.39, 0.29) is 0 Å². The number of benzene rings is 2. The average Bonchev–Trinajstić information content (AvgIpc) is 2.67. The molecule has 0 saturated carbocycles. The highest BCUT2D eigenvalue weighted by Gasteiger charge is 2.12. The lowest BCUT2D eigenvalue weighted by molar-refractivity contribution is 0.960. The van der Waals surface area contributed by atoms with Gasteiger partial charge in [0, 0.05) is 24.0 Å². The number of fused-ring (bicyclic) bond motifs is 1. The van der Waals surface area contributed by atoms with Crippen LogP contribution in [-0.2, 0) is 7.05 Å². The number of nitrogens with two attached hydrogens (primary N) is 2. The third-order valence-corrected chi connectivity index (χ3v) is 3.39. The second-order valence-electron chi connectivity index (χ2n) is 4.49. The zero-order valence-electron chi connectivity index (χ0n) is 10.4. The number of nitrogen functional groups attached to an aromatic ring is 2. The third kappa shape index (κ3) is 1.90. The molecule has 0 atom stereocenters. The minimum atomic E-state index is 0.619. The van der Waals surface area contributed by atoms with Crippen LogP contribution < -0.4 is 11.5 Å². The number of aryl methyl sites for hydroxylation is 1. The fourth-order valence-electron chi connectivity index (χ4n) is 2.29. The quantitative estimate of drug-likeness (QED) is 0.669. The molecule has 0 radical (unpaired) electrons. The van der Waals surface area contributed by atoms with Crippen molar-refractivity contribution in [3.63, 3.8) is 0 Å². The monoisotopic (exact) mass is 272 g/mol. The fraction of sp³-hybridized carbons (Fsp3) is 0.0714. The number of anilines is 2. The number of hydrogen-bond donors (Lipinski definition) is 2. The van der Waals surface area contributed by atoms with Gasteiger partial charge in [0.15, 0.2) is 0 Å². The van der Waals surface area contributed by atoms with Crippen LogP contribution in [-0.4, -0.2) is 9.55 Å². The summed E-state index contributed by atoms with van der Waals surface area (Å²) in [6.45, 7) is 0. The highest BCUT2D eigenvalue weighted by molar-refractivity contribution is 6.35. The molecule has 1 aromatic heterocycles. The summed E-state index contributed by atoms with van der Waals surface area (Å²) < 4.78 is 1.95. The first kappa shape index (κ1) is 11.9. The van der Waals surface area contributed by atoms with Crippen LogP contribution in [0.3, 0.4) is 0 Å². The van der Waals surface area contributed by atoms with E-state index in [4.69, 9.17) is 23.1 Å². The number of halogens is 1. The maximum Gasteiger partial charge on any atom is 0.141 e. The summed E-state index contributed by atoms with van der Waals surface area (Å²) in [5.41, 5.74) is 15.5. The number of aromatic nitrogens is 2. The minimum Gasteiger partial charge on any atom is -0.399 e. The van der Waals surface area contributed by atoms with Gasteiger partial charge >= 0.3 is 0 Å². The van der Waals surface area contributed by atoms with E-state index in [0.717, 1.165) is 22.4 Å². The fourth-order valence-corrected chi connectivity index (χ4v) is 2.58. The summed E-state index contributed by atoms with van der Waals surface area (Å²) in [6, 6.07) is 11.1. The van der Waals surface area contributed by atoms with Crippen LogP contribution in [0, 0.1) is 0 Å². The van der Waals surface area contributed by atoms with Gasteiger partial charge < -0.3 is 16.0 Å². The molecule has 19 heavy (non-hydrogen) atoms. The molecule has 2 aromatic carbocycles. The average molecular weight is 273 g/mol. The predicted octanol–water partition coefficient (Wildman–Crippen LogP) is 3.06. The molecule has 0 amide bonds. The smallest absolute Gasteiger partial charge is 0.141 e. The number of para-hydroxylation sites is 1. The molecule has 1 heterocycles. The molecule has 3 aromatic rings. The molecule has 0 aliphatic rings. The topological polar surface area (TPSA) is 69.9 Å². The Bertz CT molecular complexity index is 756. The summed E-state index contributed by atoms with van der Waals surface area (Å²) in [7, 11) is 1.93. The molecule has 0 bridgehead atoms. The Morgan fingerprint density at radius 2 is 1.79 bits per heavy atom. The molecule has 4 nitrogen and oxygen atoms in total. The first-order valence-corrected chi connectivity index (χ1v) is 6.21. The van der Waals surface area contributed by atoms with Gasteiger partial charge in [0.25, 0.3) is 0 Å². The third-order valence-electron chi connectivity index (χ3n) is 3.08. The molecule has 4 N–H and O–H groups in total. The van der Waals surface area contributed by atoms with Gasteiger partial charge in [-0.3, -0.25) is 0 Å². The molecule has 5 heteroatoms. The highest BCUT2D eigenvalue weighted by atomic mass is 35.5. The largest absolute Gasteiger partial charge is 0.399 e. The van der Waals surface area contributed by atoms with Crippen LogP contribution in [0.4, 0.5) is 11.4 Å². The maximum atomic E-state index is 6.22. The van der Waals surface area contributed by atoms with E-state index < -0.39 is 0 Å². The zero-order chi connectivity index (χ0) is 13.6. The van der Waals surface area contributed by atoms with Crippen LogP contribution in [0.1, 0.15) is 0 Å². The van der Waals surface area contributed by atoms with Gasteiger partial charge in [-0.05, 0) is 30.3 Å². The molecule has 0 aliphatic carbocycles. The van der Waals surface area contributed by atoms with Crippen molar-refractivity contribution in [3.8, 4) is 11.4 Å². The van der Waals surface area contributed by atoms with Crippen molar-refractivity contribution in [2.24, 2.45) is 7.05 Å². The van der Waals surface area contributed by atoms with Crippen molar-refractivity contribution in [1.29, 1.82) is 0 Å². The lowest BCUT2D eigenvalue weighted by atomic mass is 10.1. The Kier molecular flexibility index (Phi) is 2.61. The number of rotatable bonds is 1. The summed E-state index contributed by atoms with van der Waals surface area (Å²) in [5, 5.41) is 0.677. The van der Waals surface area contributed by atoms with E-state index in [1.807, 2.05) is 41.9 Å². The molecule has 0 fully saturated rings. The Balaban J connectivity index is 2.31. The Morgan fingerprint density at radius 3 is 2.42 bits per heavy atom. The van der Waals surface area contributed by atoms with Gasteiger partial charge in [0.2, 0.25) is 0 Å². The maximum absolute atomic E-state index is 6.22. The van der Waals surface area contributed by atoms with Crippen molar-refractivity contribution >= 4 is 34.0 Å². The molecular formula is C14H13ClN4. The van der Waals surface area contributed by atoms with Crippen LogP contribution in [0.5, 0.6) is 0 Å². The van der Waals surface area contributed by atoms with Crippen molar-refractivity contribution < 1.29 is 0 Å². The van der Waals surface area contributed by atoms with Crippen LogP contribution in [0.15, 0.2) is 36.4 Å². The van der Waals surface area contributed by atoms with E-state index in [1.165, 1.54) is 0 Å². The molecule has 0 saturated heterocycles. The Labute approximate surface area is 115 Å². The van der Waals surface area contributed by atoms with E-state index in [1.54, 1.807) is 6.07 Å². The molecule has 96 valence electrons. The first-order valence-electron chi connectivity index (χ1n) is 5.83. The SMILES string of the molecule is Cn1c(-c2cc(N)cc(N)c2)nc2cccc(Cl)c21. The van der Waals surface area contributed by atoms with E-state index in [2.05, 4.69) is 4.98 Å². The summed E-state index contributed by atoms with van der Waals surface area (Å²) in [5.74, 6) is 0.794. The van der Waals surface area contributed by atoms with Crippen molar-refractivity contribution in [2.75, 3.05) is 11.5 Å². The van der Waals surface area contributed by atoms with Gasteiger partial charge in [-0.25, -0.2) is 4.98 Å². The zero-order valence-corrected chi connectivity index (χ0v) is 11.1. The summed E-state index contributed by atoms with van der Waals surface area (Å²) in [4.78, 5) is 4.59. The Hall–Kier alpha value is -2.20. The number of nitrogens with zero attached hydrogens (tertiary/aromatic N) is 2. The Morgan fingerprint density at radius 1 is 1.11 bits per heavy atom. The lowest BCUT2D eigenvalue weighted by Crippen LogP contribution is -1.96. The molecule has 0 unspecified atom stereocenters. The van der Waals surface area contributed by atoms with Gasteiger partial charge in [0.1, 0.15) is 5.82 Å². The predicted molar refractivity (Wildman–Crippen MR) is 80.0 cm³/mol. The van der Waals surface area contributed by atoms with Gasteiger partial charge in [-0.15, -0.1) is 0 Å². The molecule has 0 spiro atoms. The first-order chi connectivity index (χ1) is 9.06.